The van der Waals surface area contributed by atoms with Gasteiger partial charge in [-0.25, -0.2) is 4.98 Å². The molecular formula is C14H23N3OS. The number of rotatable bonds is 7. The van der Waals surface area contributed by atoms with Gasteiger partial charge in [-0.3, -0.25) is 4.40 Å². The number of nitrogens with zero attached hydrogens (tertiary/aromatic N) is 2. The molecule has 0 saturated carbocycles. The third kappa shape index (κ3) is 3.16. The van der Waals surface area contributed by atoms with Crippen LogP contribution in [0.1, 0.15) is 36.8 Å². The van der Waals surface area contributed by atoms with Crippen LogP contribution < -0.4 is 5.32 Å². The summed E-state index contributed by atoms with van der Waals surface area (Å²) in [5, 5.41) is 5.75. The Kier molecular flexibility index (Phi) is 4.96. The number of aryl methyl sites for hydroxylation is 2. The van der Waals surface area contributed by atoms with Gasteiger partial charge in [0.15, 0.2) is 4.96 Å². The van der Waals surface area contributed by atoms with Gasteiger partial charge in [-0.15, -0.1) is 11.3 Å². The number of ether oxygens (including phenoxy) is 1. The average molecular weight is 281 g/mol. The van der Waals surface area contributed by atoms with Gasteiger partial charge in [-0.1, -0.05) is 13.3 Å². The minimum absolute atomic E-state index is 0.416. The summed E-state index contributed by atoms with van der Waals surface area (Å²) in [5.74, 6) is 0. The third-order valence-corrected chi connectivity index (χ3v) is 4.34. The molecule has 0 fully saturated rings. The maximum absolute atomic E-state index is 5.27. The van der Waals surface area contributed by atoms with Gasteiger partial charge in [0.2, 0.25) is 0 Å². The van der Waals surface area contributed by atoms with Crippen molar-refractivity contribution in [3.63, 3.8) is 0 Å². The van der Waals surface area contributed by atoms with Crippen molar-refractivity contribution in [2.24, 2.45) is 0 Å². The lowest BCUT2D eigenvalue weighted by Crippen LogP contribution is -2.33. The molecule has 0 aliphatic rings. The van der Waals surface area contributed by atoms with Crippen molar-refractivity contribution in [3.8, 4) is 0 Å². The van der Waals surface area contributed by atoms with E-state index in [1.807, 2.05) is 0 Å². The fourth-order valence-electron chi connectivity index (χ4n) is 2.41. The lowest BCUT2D eigenvalue weighted by molar-refractivity contribution is 0.161. The number of aromatic nitrogens is 2. The Morgan fingerprint density at radius 3 is 2.95 bits per heavy atom. The van der Waals surface area contributed by atoms with Crippen LogP contribution in [0.5, 0.6) is 0 Å². The van der Waals surface area contributed by atoms with E-state index in [4.69, 9.17) is 4.74 Å². The molecule has 1 unspecified atom stereocenters. The Labute approximate surface area is 118 Å². The van der Waals surface area contributed by atoms with Gasteiger partial charge in [0.05, 0.1) is 18.0 Å². The van der Waals surface area contributed by atoms with Crippen LogP contribution in [0.2, 0.25) is 0 Å². The normalized spacial score (nSPS) is 13.3. The topological polar surface area (TPSA) is 38.6 Å². The van der Waals surface area contributed by atoms with Crippen LogP contribution in [-0.2, 0) is 11.3 Å². The molecule has 0 radical (unpaired) electrons. The monoisotopic (exact) mass is 281 g/mol. The van der Waals surface area contributed by atoms with E-state index < -0.39 is 0 Å². The molecule has 2 aromatic heterocycles. The Bertz CT molecular complexity index is 526. The summed E-state index contributed by atoms with van der Waals surface area (Å²) in [7, 11) is 1.76. The maximum atomic E-state index is 5.27. The quantitative estimate of drug-likeness (QED) is 0.848. The van der Waals surface area contributed by atoms with Crippen molar-refractivity contribution in [1.82, 2.24) is 14.7 Å². The molecule has 1 atom stereocenters. The van der Waals surface area contributed by atoms with Crippen molar-refractivity contribution in [2.45, 2.75) is 46.2 Å². The molecule has 0 aliphatic carbocycles. The highest BCUT2D eigenvalue weighted by molar-refractivity contribution is 7.15. The maximum Gasteiger partial charge on any atom is 0.194 e. The van der Waals surface area contributed by atoms with Crippen LogP contribution >= 0.6 is 11.3 Å². The molecule has 2 aromatic rings. The van der Waals surface area contributed by atoms with E-state index in [1.54, 1.807) is 18.4 Å². The number of thiazole rings is 1. The number of methoxy groups -OCH3 is 1. The smallest absolute Gasteiger partial charge is 0.194 e. The molecular weight excluding hydrogens is 258 g/mol. The minimum Gasteiger partial charge on any atom is -0.383 e. The summed E-state index contributed by atoms with van der Waals surface area (Å²) in [5.41, 5.74) is 3.65. The summed E-state index contributed by atoms with van der Waals surface area (Å²) in [6, 6.07) is 0.416. The van der Waals surface area contributed by atoms with E-state index in [1.165, 1.54) is 17.8 Å². The van der Waals surface area contributed by atoms with Crippen LogP contribution in [0.25, 0.3) is 4.96 Å². The molecule has 0 aliphatic heterocycles. The molecule has 2 rings (SSSR count). The number of imidazole rings is 1. The minimum atomic E-state index is 0.416. The third-order valence-electron chi connectivity index (χ3n) is 3.39. The Balaban J connectivity index is 2.11. The highest BCUT2D eigenvalue weighted by Gasteiger charge is 2.14. The highest BCUT2D eigenvalue weighted by atomic mass is 32.1. The van der Waals surface area contributed by atoms with Crippen molar-refractivity contribution in [3.05, 3.63) is 22.5 Å². The molecule has 1 N–H and O–H groups in total. The van der Waals surface area contributed by atoms with Crippen molar-refractivity contribution in [2.75, 3.05) is 13.7 Å². The van der Waals surface area contributed by atoms with Crippen molar-refractivity contribution >= 4 is 16.3 Å². The predicted molar refractivity (Wildman–Crippen MR) is 80.0 cm³/mol. The molecule has 2 heterocycles. The average Bonchev–Trinajstić information content (AvgIpc) is 2.87. The molecule has 0 aromatic carbocycles. The van der Waals surface area contributed by atoms with E-state index in [0.717, 1.165) is 30.2 Å². The predicted octanol–water partition coefficient (Wildman–Crippen LogP) is 2.92. The lowest BCUT2D eigenvalue weighted by Gasteiger charge is -2.17. The lowest BCUT2D eigenvalue weighted by atomic mass is 10.2. The van der Waals surface area contributed by atoms with Crippen molar-refractivity contribution in [1.29, 1.82) is 0 Å². The zero-order valence-corrected chi connectivity index (χ0v) is 13.0. The van der Waals surface area contributed by atoms with Gasteiger partial charge in [0.25, 0.3) is 0 Å². The second kappa shape index (κ2) is 6.50. The number of hydrogen-bond acceptors (Lipinski definition) is 4. The fourth-order valence-corrected chi connectivity index (χ4v) is 3.34. The first-order chi connectivity index (χ1) is 9.17. The zero-order valence-electron chi connectivity index (χ0n) is 12.2. The molecule has 0 saturated heterocycles. The first-order valence-corrected chi connectivity index (χ1v) is 7.69. The van der Waals surface area contributed by atoms with Gasteiger partial charge < -0.3 is 10.1 Å². The summed E-state index contributed by atoms with van der Waals surface area (Å²) >= 11 is 1.70. The summed E-state index contributed by atoms with van der Waals surface area (Å²) in [4.78, 5) is 5.70. The van der Waals surface area contributed by atoms with Crippen LogP contribution in [0.4, 0.5) is 0 Å². The van der Waals surface area contributed by atoms with Crippen LogP contribution in [0.3, 0.4) is 0 Å². The van der Waals surface area contributed by atoms with Crippen molar-refractivity contribution < 1.29 is 4.74 Å². The molecule has 0 spiro atoms. The van der Waals surface area contributed by atoms with Gasteiger partial charge in [0.1, 0.15) is 0 Å². The van der Waals surface area contributed by atoms with Gasteiger partial charge in [-0.05, 0) is 20.3 Å². The summed E-state index contributed by atoms with van der Waals surface area (Å²) < 4.78 is 7.52. The number of fused-ring (bicyclic) bond motifs is 1. The van der Waals surface area contributed by atoms with E-state index in [9.17, 15) is 0 Å². The van der Waals surface area contributed by atoms with E-state index >= 15 is 0 Å². The van der Waals surface area contributed by atoms with Gasteiger partial charge in [-0.2, -0.15) is 0 Å². The molecule has 0 bridgehead atoms. The zero-order chi connectivity index (χ0) is 13.8. The second-order valence-corrected chi connectivity index (χ2v) is 5.80. The van der Waals surface area contributed by atoms with Crippen LogP contribution in [-0.4, -0.2) is 29.1 Å². The van der Waals surface area contributed by atoms with Crippen LogP contribution in [0, 0.1) is 13.8 Å². The van der Waals surface area contributed by atoms with E-state index in [-0.39, 0.29) is 0 Å². The molecule has 0 amide bonds. The Morgan fingerprint density at radius 2 is 2.26 bits per heavy atom. The molecule has 19 heavy (non-hydrogen) atoms. The van der Waals surface area contributed by atoms with Gasteiger partial charge >= 0.3 is 0 Å². The Hall–Kier alpha value is -0.910. The fraction of sp³-hybridized carbons (Fsp3) is 0.643. The Morgan fingerprint density at radius 1 is 1.47 bits per heavy atom. The standard InChI is InChI=1S/C14H23N3OS/c1-5-6-12(8-18-4)15-7-13-11(3)16-14-17(13)10(2)9-19-14/h9,12,15H,5-8H2,1-4H3. The summed E-state index contributed by atoms with van der Waals surface area (Å²) in [6.07, 6.45) is 2.30. The number of nitrogens with one attached hydrogen (secondary N) is 1. The second-order valence-electron chi connectivity index (χ2n) is 4.96. The molecule has 4 nitrogen and oxygen atoms in total. The largest absolute Gasteiger partial charge is 0.383 e. The molecule has 5 heteroatoms. The SMILES string of the molecule is CCCC(COC)NCc1c(C)nc2scc(C)n12. The van der Waals surface area contributed by atoms with E-state index in [0.29, 0.717) is 6.04 Å². The van der Waals surface area contributed by atoms with Gasteiger partial charge in [0, 0.05) is 30.8 Å². The highest BCUT2D eigenvalue weighted by Crippen LogP contribution is 2.20. The van der Waals surface area contributed by atoms with Crippen LogP contribution in [0.15, 0.2) is 5.38 Å². The van der Waals surface area contributed by atoms with E-state index in [2.05, 4.69) is 40.9 Å². The first-order valence-electron chi connectivity index (χ1n) is 6.81. The summed E-state index contributed by atoms with van der Waals surface area (Å²) in [6.45, 7) is 8.03. The number of hydrogen-bond donors (Lipinski definition) is 1. The first kappa shape index (κ1) is 14.5. The molecule has 106 valence electrons.